The summed E-state index contributed by atoms with van der Waals surface area (Å²) in [7, 11) is 0. The van der Waals surface area contributed by atoms with Gasteiger partial charge in [0.1, 0.15) is 10.7 Å². The molecular weight excluding hydrogens is 529 g/mol. The van der Waals surface area contributed by atoms with E-state index in [1.807, 2.05) is 6.92 Å². The van der Waals surface area contributed by atoms with Crippen LogP contribution in [0.2, 0.25) is 5.02 Å². The number of carbonyl (C=O) groups excluding carboxylic acids is 4. The number of amides is 3. The number of carbonyl (C=O) groups is 4. The van der Waals surface area contributed by atoms with Gasteiger partial charge in [-0.25, -0.2) is 9.69 Å². The minimum atomic E-state index is -0.650. The maximum absolute atomic E-state index is 13.0. The van der Waals surface area contributed by atoms with Crippen molar-refractivity contribution in [3.63, 3.8) is 0 Å². The number of nitrogens with one attached hydrogen (secondary N) is 2. The predicted octanol–water partition coefficient (Wildman–Crippen LogP) is 5.44. The standard InChI is InChI=1S/C28H23Cl2N3O5/c1-3-38-28(37)18-7-11-19(12-8-18)31-23(34)14-17-5-9-20(10-6-17)32-25-24(30)26(35)33(27(25)36)21-13-4-16(2)22(29)15-21/h4-13,15,32H,3,14H2,1-2H3,(H,31,34). The highest BCUT2D eigenvalue weighted by atomic mass is 35.5. The zero-order valence-electron chi connectivity index (χ0n) is 20.5. The predicted molar refractivity (Wildman–Crippen MR) is 146 cm³/mol. The van der Waals surface area contributed by atoms with Gasteiger partial charge in [0, 0.05) is 16.4 Å². The van der Waals surface area contributed by atoms with Gasteiger partial charge < -0.3 is 15.4 Å². The molecule has 0 radical (unpaired) electrons. The fourth-order valence-corrected chi connectivity index (χ4v) is 4.10. The number of halogens is 2. The van der Waals surface area contributed by atoms with E-state index in [-0.39, 0.29) is 29.7 Å². The van der Waals surface area contributed by atoms with E-state index in [0.717, 1.165) is 16.0 Å². The SMILES string of the molecule is CCOC(=O)c1ccc(NC(=O)Cc2ccc(NC3=C(Cl)C(=O)N(c4ccc(C)c(Cl)c4)C3=O)cc2)cc1. The second kappa shape index (κ2) is 11.5. The van der Waals surface area contributed by atoms with Gasteiger partial charge in [0.25, 0.3) is 11.8 Å². The fraction of sp³-hybridized carbons (Fsp3) is 0.143. The monoisotopic (exact) mass is 551 g/mol. The molecule has 1 aliphatic rings. The second-order valence-corrected chi connectivity index (χ2v) is 9.20. The second-order valence-electron chi connectivity index (χ2n) is 8.41. The Balaban J connectivity index is 1.37. The van der Waals surface area contributed by atoms with Crippen molar-refractivity contribution in [1.82, 2.24) is 0 Å². The van der Waals surface area contributed by atoms with Crippen molar-refractivity contribution in [3.05, 3.63) is 99.2 Å². The molecule has 0 aliphatic carbocycles. The van der Waals surface area contributed by atoms with Crippen LogP contribution in [0.1, 0.15) is 28.4 Å². The quantitative estimate of drug-likeness (QED) is 0.285. The largest absolute Gasteiger partial charge is 0.462 e. The van der Waals surface area contributed by atoms with Crippen LogP contribution < -0.4 is 15.5 Å². The molecule has 10 heteroatoms. The summed E-state index contributed by atoms with van der Waals surface area (Å²) in [6.45, 7) is 3.83. The number of benzene rings is 3. The normalized spacial score (nSPS) is 13.1. The molecule has 0 unspecified atom stereocenters. The molecule has 0 saturated carbocycles. The van der Waals surface area contributed by atoms with Crippen molar-refractivity contribution in [2.45, 2.75) is 20.3 Å². The van der Waals surface area contributed by atoms with Crippen molar-refractivity contribution < 1.29 is 23.9 Å². The van der Waals surface area contributed by atoms with E-state index in [9.17, 15) is 19.2 Å². The first-order valence-electron chi connectivity index (χ1n) is 11.7. The molecule has 3 amide bonds. The van der Waals surface area contributed by atoms with Gasteiger partial charge >= 0.3 is 5.97 Å². The van der Waals surface area contributed by atoms with Crippen LogP contribution >= 0.6 is 23.2 Å². The molecule has 3 aromatic rings. The molecule has 2 N–H and O–H groups in total. The minimum Gasteiger partial charge on any atom is -0.462 e. The Kier molecular flexibility index (Phi) is 8.14. The number of anilines is 3. The van der Waals surface area contributed by atoms with E-state index in [1.165, 1.54) is 6.07 Å². The first-order chi connectivity index (χ1) is 18.2. The van der Waals surface area contributed by atoms with Crippen LogP contribution in [0, 0.1) is 6.92 Å². The number of hydrogen-bond acceptors (Lipinski definition) is 6. The van der Waals surface area contributed by atoms with Gasteiger partial charge in [0.2, 0.25) is 5.91 Å². The zero-order chi connectivity index (χ0) is 27.4. The van der Waals surface area contributed by atoms with Crippen molar-refractivity contribution in [2.75, 3.05) is 22.1 Å². The summed E-state index contributed by atoms with van der Waals surface area (Å²) < 4.78 is 4.95. The van der Waals surface area contributed by atoms with E-state index in [4.69, 9.17) is 27.9 Å². The van der Waals surface area contributed by atoms with E-state index < -0.39 is 17.8 Å². The lowest BCUT2D eigenvalue weighted by Gasteiger charge is -2.16. The zero-order valence-corrected chi connectivity index (χ0v) is 22.0. The van der Waals surface area contributed by atoms with Gasteiger partial charge in [0.05, 0.1) is 24.3 Å². The maximum atomic E-state index is 13.0. The summed E-state index contributed by atoms with van der Waals surface area (Å²) in [5, 5.41) is 5.87. The van der Waals surface area contributed by atoms with Crippen molar-refractivity contribution in [3.8, 4) is 0 Å². The Labute approximate surface area is 229 Å². The van der Waals surface area contributed by atoms with E-state index in [2.05, 4.69) is 10.6 Å². The van der Waals surface area contributed by atoms with Crippen LogP contribution in [0.4, 0.5) is 17.1 Å². The lowest BCUT2D eigenvalue weighted by molar-refractivity contribution is -0.120. The molecule has 0 spiro atoms. The van der Waals surface area contributed by atoms with Gasteiger partial charge in [-0.2, -0.15) is 0 Å². The van der Waals surface area contributed by atoms with Crippen LogP contribution in [-0.2, 0) is 25.5 Å². The van der Waals surface area contributed by atoms with Crippen LogP contribution in [0.25, 0.3) is 0 Å². The molecule has 194 valence electrons. The van der Waals surface area contributed by atoms with Crippen LogP contribution in [0.15, 0.2) is 77.5 Å². The van der Waals surface area contributed by atoms with Gasteiger partial charge in [-0.3, -0.25) is 14.4 Å². The molecule has 8 nitrogen and oxygen atoms in total. The number of hydrogen-bond donors (Lipinski definition) is 2. The van der Waals surface area contributed by atoms with Crippen molar-refractivity contribution >= 4 is 64.0 Å². The molecule has 0 saturated heterocycles. The molecule has 0 atom stereocenters. The van der Waals surface area contributed by atoms with Crippen LogP contribution in [-0.4, -0.2) is 30.3 Å². The highest BCUT2D eigenvalue weighted by Crippen LogP contribution is 2.32. The molecular formula is C28H23Cl2N3O5. The van der Waals surface area contributed by atoms with Gasteiger partial charge in [-0.1, -0.05) is 41.4 Å². The summed E-state index contributed by atoms with van der Waals surface area (Å²) in [6, 6.07) is 18.1. The number of aryl methyl sites for hydroxylation is 1. The summed E-state index contributed by atoms with van der Waals surface area (Å²) in [4.78, 5) is 50.8. The maximum Gasteiger partial charge on any atom is 0.338 e. The number of rotatable bonds is 8. The van der Waals surface area contributed by atoms with E-state index >= 15 is 0 Å². The summed E-state index contributed by atoms with van der Waals surface area (Å²) in [5.74, 6) is -1.92. The topological polar surface area (TPSA) is 105 Å². The number of esters is 1. The molecule has 0 aromatic heterocycles. The average molecular weight is 552 g/mol. The highest BCUT2D eigenvalue weighted by Gasteiger charge is 2.39. The van der Waals surface area contributed by atoms with Crippen molar-refractivity contribution in [1.29, 1.82) is 0 Å². The smallest absolute Gasteiger partial charge is 0.338 e. The molecule has 1 heterocycles. The Hall–Kier alpha value is -4.14. The van der Waals surface area contributed by atoms with Gasteiger partial charge in [-0.05, 0) is 73.5 Å². The average Bonchev–Trinajstić information content (AvgIpc) is 3.10. The molecule has 1 aliphatic heterocycles. The Morgan fingerprint density at radius 2 is 1.55 bits per heavy atom. The van der Waals surface area contributed by atoms with Crippen LogP contribution in [0.3, 0.4) is 0 Å². The fourth-order valence-electron chi connectivity index (χ4n) is 3.71. The highest BCUT2D eigenvalue weighted by molar-refractivity contribution is 6.53. The Morgan fingerprint density at radius 1 is 0.895 bits per heavy atom. The number of nitrogens with zero attached hydrogens (tertiary/aromatic N) is 1. The Morgan fingerprint density at radius 3 is 2.18 bits per heavy atom. The lowest BCUT2D eigenvalue weighted by Crippen LogP contribution is -2.32. The van der Waals surface area contributed by atoms with Crippen molar-refractivity contribution in [2.24, 2.45) is 0 Å². The first kappa shape index (κ1) is 26.9. The summed E-state index contributed by atoms with van der Waals surface area (Å²) in [5.41, 5.74) is 3.27. The molecule has 0 fully saturated rings. The van der Waals surface area contributed by atoms with E-state index in [1.54, 1.807) is 67.6 Å². The molecule has 3 aromatic carbocycles. The molecule has 4 rings (SSSR count). The molecule has 38 heavy (non-hydrogen) atoms. The van der Waals surface area contributed by atoms with Crippen LogP contribution in [0.5, 0.6) is 0 Å². The van der Waals surface area contributed by atoms with Gasteiger partial charge in [-0.15, -0.1) is 0 Å². The summed E-state index contributed by atoms with van der Waals surface area (Å²) in [6.07, 6.45) is 0.0999. The van der Waals surface area contributed by atoms with Gasteiger partial charge in [0.15, 0.2) is 0 Å². The number of imide groups is 1. The Bertz CT molecular complexity index is 1450. The summed E-state index contributed by atoms with van der Waals surface area (Å²) >= 11 is 12.4. The number of ether oxygens (including phenoxy) is 1. The van der Waals surface area contributed by atoms with E-state index in [0.29, 0.717) is 27.6 Å². The third-order valence-corrected chi connectivity index (χ3v) is 6.47. The first-order valence-corrected chi connectivity index (χ1v) is 12.4. The minimum absolute atomic E-state index is 0.0508. The third-order valence-electron chi connectivity index (χ3n) is 5.71. The lowest BCUT2D eigenvalue weighted by atomic mass is 10.1. The molecule has 0 bridgehead atoms. The third kappa shape index (κ3) is 5.88.